The van der Waals surface area contributed by atoms with Gasteiger partial charge in [0, 0.05) is 19.6 Å². The Morgan fingerprint density at radius 2 is 1.64 bits per heavy atom. The van der Waals surface area contributed by atoms with Crippen LogP contribution in [0.4, 0.5) is 0 Å². The third kappa shape index (κ3) is 3.82. The van der Waals surface area contributed by atoms with E-state index < -0.39 is 0 Å². The maximum atomic E-state index is 8.52. The summed E-state index contributed by atoms with van der Waals surface area (Å²) < 4.78 is 0. The highest BCUT2D eigenvalue weighted by atomic mass is 35.5. The largest absolute Gasteiger partial charge is 0.341 e. The molecule has 1 saturated heterocycles. The molecule has 0 aliphatic carbocycles. The molecular formula is C21H26ClN3. The molecule has 2 aliphatic heterocycles. The van der Waals surface area contributed by atoms with Gasteiger partial charge in [0.25, 0.3) is 0 Å². The number of guanidine groups is 1. The first-order valence-electron chi connectivity index (χ1n) is 9.02. The van der Waals surface area contributed by atoms with E-state index in [0.717, 1.165) is 44.9 Å². The predicted molar refractivity (Wildman–Crippen MR) is 105 cm³/mol. The van der Waals surface area contributed by atoms with Gasteiger partial charge in [-0.05, 0) is 42.4 Å². The molecule has 0 amide bonds. The van der Waals surface area contributed by atoms with Gasteiger partial charge in [-0.3, -0.25) is 5.41 Å². The van der Waals surface area contributed by atoms with Gasteiger partial charge in [0.05, 0.1) is 6.04 Å². The number of nitrogens with zero attached hydrogens (tertiary/aromatic N) is 2. The van der Waals surface area contributed by atoms with Crippen LogP contribution in [0.1, 0.15) is 29.5 Å². The molecule has 4 rings (SSSR count). The van der Waals surface area contributed by atoms with E-state index in [0.29, 0.717) is 6.04 Å². The second-order valence-corrected chi connectivity index (χ2v) is 6.97. The Kier molecular flexibility index (Phi) is 5.64. The van der Waals surface area contributed by atoms with Gasteiger partial charge in [0.15, 0.2) is 5.96 Å². The number of rotatable bonds is 5. The fraction of sp³-hybridized carbons (Fsp3) is 0.381. The Hall–Kier alpha value is -2.00. The summed E-state index contributed by atoms with van der Waals surface area (Å²) in [7, 11) is 0. The Morgan fingerprint density at radius 1 is 0.920 bits per heavy atom. The molecule has 1 fully saturated rings. The van der Waals surface area contributed by atoms with Crippen LogP contribution in [0.15, 0.2) is 54.6 Å². The monoisotopic (exact) mass is 355 g/mol. The van der Waals surface area contributed by atoms with Crippen LogP contribution in [0.25, 0.3) is 0 Å². The van der Waals surface area contributed by atoms with Crippen molar-refractivity contribution in [3.05, 3.63) is 71.3 Å². The highest BCUT2D eigenvalue weighted by Crippen LogP contribution is 2.28. The summed E-state index contributed by atoms with van der Waals surface area (Å²) in [6.07, 6.45) is 4.57. The quantitative estimate of drug-likeness (QED) is 0.818. The Bertz CT molecular complexity index is 716. The SMILES string of the molecule is Cl.N=C1N(CCCCc2ccccc2)C[C@@H]2Cc3ccccc3CN12. The number of unbranched alkanes of at least 4 members (excludes halogenated alkanes) is 1. The van der Waals surface area contributed by atoms with Crippen molar-refractivity contribution in [2.75, 3.05) is 13.1 Å². The molecule has 0 radical (unpaired) electrons. The zero-order valence-corrected chi connectivity index (χ0v) is 15.3. The Balaban J connectivity index is 0.00000182. The average molecular weight is 356 g/mol. The molecule has 4 heteroatoms. The lowest BCUT2D eigenvalue weighted by Gasteiger charge is -2.31. The minimum atomic E-state index is 0. The summed E-state index contributed by atoms with van der Waals surface area (Å²) in [4.78, 5) is 4.57. The average Bonchev–Trinajstić information content (AvgIpc) is 2.93. The predicted octanol–water partition coefficient (Wildman–Crippen LogP) is 4.11. The molecule has 2 heterocycles. The Morgan fingerprint density at radius 3 is 2.44 bits per heavy atom. The molecule has 0 saturated carbocycles. The third-order valence-corrected chi connectivity index (χ3v) is 5.34. The summed E-state index contributed by atoms with van der Waals surface area (Å²) in [5.74, 6) is 0.731. The summed E-state index contributed by atoms with van der Waals surface area (Å²) in [6, 6.07) is 19.9. The lowest BCUT2D eigenvalue weighted by Crippen LogP contribution is -2.39. The van der Waals surface area contributed by atoms with E-state index in [1.165, 1.54) is 23.1 Å². The van der Waals surface area contributed by atoms with Crippen LogP contribution >= 0.6 is 12.4 Å². The fourth-order valence-electron chi connectivity index (χ4n) is 3.99. The number of aryl methyl sites for hydroxylation is 1. The van der Waals surface area contributed by atoms with Gasteiger partial charge in [-0.15, -0.1) is 12.4 Å². The normalized spacial score (nSPS) is 18.6. The first kappa shape index (κ1) is 17.8. The smallest absolute Gasteiger partial charge is 0.194 e. The van der Waals surface area contributed by atoms with Crippen LogP contribution in [0.2, 0.25) is 0 Å². The van der Waals surface area contributed by atoms with Crippen molar-refractivity contribution in [1.82, 2.24) is 9.80 Å². The molecule has 3 nitrogen and oxygen atoms in total. The van der Waals surface area contributed by atoms with Crippen LogP contribution in [0.3, 0.4) is 0 Å². The van der Waals surface area contributed by atoms with Gasteiger partial charge >= 0.3 is 0 Å². The fourth-order valence-corrected chi connectivity index (χ4v) is 3.99. The minimum absolute atomic E-state index is 0. The van der Waals surface area contributed by atoms with Gasteiger partial charge in [-0.1, -0.05) is 54.6 Å². The van der Waals surface area contributed by atoms with Crippen molar-refractivity contribution in [1.29, 1.82) is 5.41 Å². The van der Waals surface area contributed by atoms with E-state index in [1.54, 1.807) is 0 Å². The lowest BCUT2D eigenvalue weighted by molar-refractivity contribution is 0.311. The number of halogens is 1. The molecule has 25 heavy (non-hydrogen) atoms. The van der Waals surface area contributed by atoms with Gasteiger partial charge in [-0.25, -0.2) is 0 Å². The van der Waals surface area contributed by atoms with E-state index >= 15 is 0 Å². The summed E-state index contributed by atoms with van der Waals surface area (Å²) in [5.41, 5.74) is 4.28. The van der Waals surface area contributed by atoms with Gasteiger partial charge in [-0.2, -0.15) is 0 Å². The lowest BCUT2D eigenvalue weighted by atomic mass is 9.95. The highest BCUT2D eigenvalue weighted by molar-refractivity contribution is 5.85. The van der Waals surface area contributed by atoms with Crippen molar-refractivity contribution in [3.8, 4) is 0 Å². The number of benzene rings is 2. The molecule has 0 bridgehead atoms. The number of nitrogens with one attached hydrogen (secondary N) is 1. The summed E-state index contributed by atoms with van der Waals surface area (Å²) in [5, 5.41) is 8.52. The van der Waals surface area contributed by atoms with Crippen molar-refractivity contribution in [3.63, 3.8) is 0 Å². The first-order valence-corrected chi connectivity index (χ1v) is 9.02. The van der Waals surface area contributed by atoms with Gasteiger partial charge in [0.2, 0.25) is 0 Å². The first-order chi connectivity index (χ1) is 11.8. The second kappa shape index (κ2) is 7.92. The molecule has 0 aromatic heterocycles. The van der Waals surface area contributed by atoms with Crippen LogP contribution in [0, 0.1) is 5.41 Å². The summed E-state index contributed by atoms with van der Waals surface area (Å²) >= 11 is 0. The maximum Gasteiger partial charge on any atom is 0.194 e. The van der Waals surface area contributed by atoms with E-state index in [9.17, 15) is 0 Å². The van der Waals surface area contributed by atoms with Crippen molar-refractivity contribution >= 4 is 18.4 Å². The Labute approximate surface area is 156 Å². The van der Waals surface area contributed by atoms with Crippen LogP contribution < -0.4 is 0 Å². The van der Waals surface area contributed by atoms with Crippen LogP contribution in [-0.2, 0) is 19.4 Å². The zero-order valence-electron chi connectivity index (χ0n) is 14.5. The molecule has 2 aromatic carbocycles. The zero-order chi connectivity index (χ0) is 16.4. The van der Waals surface area contributed by atoms with Crippen LogP contribution in [0.5, 0.6) is 0 Å². The number of hydrogen-bond acceptors (Lipinski definition) is 1. The molecule has 1 atom stereocenters. The molecule has 132 valence electrons. The topological polar surface area (TPSA) is 30.3 Å². The van der Waals surface area contributed by atoms with Gasteiger partial charge < -0.3 is 9.80 Å². The third-order valence-electron chi connectivity index (χ3n) is 5.34. The van der Waals surface area contributed by atoms with E-state index in [1.807, 2.05) is 0 Å². The standard InChI is InChI=1S/C21H25N3.ClH/c22-21-23(13-7-6-10-17-8-2-1-3-9-17)16-20-14-18-11-4-5-12-19(18)15-24(20)21;/h1-5,8-9,11-12,20,22H,6-7,10,13-16H2;1H/t20-;/m0./s1. The molecular weight excluding hydrogens is 330 g/mol. The van der Waals surface area contributed by atoms with Crippen molar-refractivity contribution < 1.29 is 0 Å². The number of hydrogen-bond donors (Lipinski definition) is 1. The molecule has 0 spiro atoms. The second-order valence-electron chi connectivity index (χ2n) is 6.97. The van der Waals surface area contributed by atoms with Crippen molar-refractivity contribution in [2.45, 2.75) is 38.3 Å². The van der Waals surface area contributed by atoms with Crippen LogP contribution in [-0.4, -0.2) is 34.9 Å². The molecule has 0 unspecified atom stereocenters. The molecule has 2 aromatic rings. The van der Waals surface area contributed by atoms with Gasteiger partial charge in [0.1, 0.15) is 0 Å². The maximum absolute atomic E-state index is 8.52. The van der Waals surface area contributed by atoms with Crippen molar-refractivity contribution in [2.24, 2.45) is 0 Å². The minimum Gasteiger partial charge on any atom is -0.341 e. The summed E-state index contributed by atoms with van der Waals surface area (Å²) in [6.45, 7) is 2.92. The molecule has 1 N–H and O–H groups in total. The van der Waals surface area contributed by atoms with E-state index in [2.05, 4.69) is 64.4 Å². The molecule has 2 aliphatic rings. The highest BCUT2D eigenvalue weighted by Gasteiger charge is 2.37. The van der Waals surface area contributed by atoms with E-state index in [-0.39, 0.29) is 12.4 Å². The number of fused-ring (bicyclic) bond motifs is 2. The van der Waals surface area contributed by atoms with E-state index in [4.69, 9.17) is 5.41 Å².